The lowest BCUT2D eigenvalue weighted by Gasteiger charge is -2.34. The molecule has 1 saturated heterocycles. The van der Waals surface area contributed by atoms with E-state index in [9.17, 15) is 0 Å². The van der Waals surface area contributed by atoms with Crippen LogP contribution in [0.4, 0.5) is 0 Å². The summed E-state index contributed by atoms with van der Waals surface area (Å²) in [6.07, 6.45) is 2.03. The molecule has 0 aliphatic carbocycles. The predicted octanol–water partition coefficient (Wildman–Crippen LogP) is 2.77. The SMILES string of the molecule is NCCCN1CCN(Cc2ccccc2OCCc2ccccc2)CC1. The van der Waals surface area contributed by atoms with Crippen LogP contribution < -0.4 is 10.5 Å². The zero-order valence-electron chi connectivity index (χ0n) is 15.6. The van der Waals surface area contributed by atoms with Gasteiger partial charge in [-0.3, -0.25) is 4.90 Å². The minimum Gasteiger partial charge on any atom is -0.493 e. The van der Waals surface area contributed by atoms with Crippen LogP contribution in [-0.4, -0.2) is 55.7 Å². The number of rotatable bonds is 9. The highest BCUT2D eigenvalue weighted by Crippen LogP contribution is 2.21. The van der Waals surface area contributed by atoms with E-state index in [1.54, 1.807) is 0 Å². The Hall–Kier alpha value is -1.88. The standard InChI is InChI=1S/C22H31N3O/c23-12-6-13-24-14-16-25(17-15-24)19-21-9-4-5-10-22(21)26-18-11-20-7-2-1-3-8-20/h1-5,7-10H,6,11-19,23H2. The number of hydrogen-bond donors (Lipinski definition) is 1. The van der Waals surface area contributed by atoms with E-state index in [-0.39, 0.29) is 0 Å². The molecule has 0 spiro atoms. The Balaban J connectivity index is 1.48. The van der Waals surface area contributed by atoms with Crippen molar-refractivity contribution in [1.82, 2.24) is 9.80 Å². The summed E-state index contributed by atoms with van der Waals surface area (Å²) < 4.78 is 6.11. The van der Waals surface area contributed by atoms with Gasteiger partial charge in [-0.2, -0.15) is 0 Å². The Morgan fingerprint density at radius 3 is 2.31 bits per heavy atom. The van der Waals surface area contributed by atoms with E-state index in [1.807, 2.05) is 0 Å². The molecule has 0 saturated carbocycles. The van der Waals surface area contributed by atoms with E-state index >= 15 is 0 Å². The molecule has 1 aliphatic heterocycles. The normalized spacial score (nSPS) is 15.9. The summed E-state index contributed by atoms with van der Waals surface area (Å²) in [5.41, 5.74) is 8.22. The second-order valence-electron chi connectivity index (χ2n) is 6.95. The molecule has 3 rings (SSSR count). The largest absolute Gasteiger partial charge is 0.493 e. The molecule has 0 aromatic heterocycles. The fraction of sp³-hybridized carbons (Fsp3) is 0.455. The van der Waals surface area contributed by atoms with Crippen molar-refractivity contribution in [3.05, 3.63) is 65.7 Å². The highest BCUT2D eigenvalue weighted by Gasteiger charge is 2.17. The van der Waals surface area contributed by atoms with E-state index in [0.717, 1.165) is 64.4 Å². The fourth-order valence-electron chi connectivity index (χ4n) is 3.43. The highest BCUT2D eigenvalue weighted by atomic mass is 16.5. The van der Waals surface area contributed by atoms with E-state index in [1.165, 1.54) is 11.1 Å². The van der Waals surface area contributed by atoms with Crippen LogP contribution in [-0.2, 0) is 13.0 Å². The summed E-state index contributed by atoms with van der Waals surface area (Å²) in [6.45, 7) is 8.09. The molecule has 0 unspecified atom stereocenters. The molecule has 0 amide bonds. The maximum atomic E-state index is 6.11. The number of hydrogen-bond acceptors (Lipinski definition) is 4. The van der Waals surface area contributed by atoms with Crippen molar-refractivity contribution in [3.63, 3.8) is 0 Å². The van der Waals surface area contributed by atoms with Gasteiger partial charge >= 0.3 is 0 Å². The van der Waals surface area contributed by atoms with E-state index < -0.39 is 0 Å². The molecule has 26 heavy (non-hydrogen) atoms. The van der Waals surface area contributed by atoms with Crippen LogP contribution in [0.1, 0.15) is 17.5 Å². The minimum atomic E-state index is 0.716. The van der Waals surface area contributed by atoms with Gasteiger partial charge in [-0.15, -0.1) is 0 Å². The van der Waals surface area contributed by atoms with Crippen LogP contribution in [0.25, 0.3) is 0 Å². The third-order valence-corrected chi connectivity index (χ3v) is 5.00. The first kappa shape index (κ1) is 18.9. The molecule has 0 radical (unpaired) electrons. The number of nitrogens with two attached hydrogens (primary N) is 1. The lowest BCUT2D eigenvalue weighted by molar-refractivity contribution is 0.125. The van der Waals surface area contributed by atoms with Crippen molar-refractivity contribution >= 4 is 0 Å². The molecule has 2 aromatic rings. The van der Waals surface area contributed by atoms with Crippen molar-refractivity contribution < 1.29 is 4.74 Å². The van der Waals surface area contributed by atoms with Gasteiger partial charge in [0.05, 0.1) is 6.61 Å². The average molecular weight is 354 g/mol. The molecule has 1 fully saturated rings. The molecule has 1 heterocycles. The Morgan fingerprint density at radius 1 is 0.846 bits per heavy atom. The number of para-hydroxylation sites is 1. The molecular formula is C22H31N3O. The zero-order valence-corrected chi connectivity index (χ0v) is 15.6. The van der Waals surface area contributed by atoms with Crippen LogP contribution >= 0.6 is 0 Å². The lowest BCUT2D eigenvalue weighted by atomic mass is 10.1. The Morgan fingerprint density at radius 2 is 1.54 bits per heavy atom. The summed E-state index contributed by atoms with van der Waals surface area (Å²) in [6, 6.07) is 19.0. The highest BCUT2D eigenvalue weighted by molar-refractivity contribution is 5.33. The number of piperazine rings is 1. The van der Waals surface area contributed by atoms with Gasteiger partial charge in [0.2, 0.25) is 0 Å². The first-order valence-electron chi connectivity index (χ1n) is 9.74. The van der Waals surface area contributed by atoms with Gasteiger partial charge in [-0.25, -0.2) is 0 Å². The van der Waals surface area contributed by atoms with Crippen LogP contribution in [0.15, 0.2) is 54.6 Å². The van der Waals surface area contributed by atoms with E-state index in [2.05, 4.69) is 64.4 Å². The molecule has 0 bridgehead atoms. The summed E-state index contributed by atoms with van der Waals surface area (Å²) in [5.74, 6) is 1.02. The van der Waals surface area contributed by atoms with Gasteiger partial charge in [-0.1, -0.05) is 48.5 Å². The summed E-state index contributed by atoms with van der Waals surface area (Å²) in [4.78, 5) is 5.05. The number of ether oxygens (including phenoxy) is 1. The Bertz CT molecular complexity index is 639. The second kappa shape index (κ2) is 10.3. The number of nitrogens with zero attached hydrogens (tertiary/aromatic N) is 2. The Labute approximate surface area is 157 Å². The maximum Gasteiger partial charge on any atom is 0.123 e. The first-order valence-corrected chi connectivity index (χ1v) is 9.74. The van der Waals surface area contributed by atoms with Crippen molar-refractivity contribution in [2.45, 2.75) is 19.4 Å². The summed E-state index contributed by atoms with van der Waals surface area (Å²) in [7, 11) is 0. The van der Waals surface area contributed by atoms with Crippen molar-refractivity contribution in [2.24, 2.45) is 5.73 Å². The van der Waals surface area contributed by atoms with Gasteiger partial charge in [0.1, 0.15) is 5.75 Å². The van der Waals surface area contributed by atoms with E-state index in [4.69, 9.17) is 10.5 Å². The molecular weight excluding hydrogens is 322 g/mol. The molecule has 1 aliphatic rings. The van der Waals surface area contributed by atoms with Crippen LogP contribution in [0, 0.1) is 0 Å². The molecule has 4 heteroatoms. The van der Waals surface area contributed by atoms with Crippen LogP contribution in [0.3, 0.4) is 0 Å². The quantitative estimate of drug-likeness (QED) is 0.753. The van der Waals surface area contributed by atoms with Crippen LogP contribution in [0.2, 0.25) is 0 Å². The molecule has 0 atom stereocenters. The molecule has 2 aromatic carbocycles. The summed E-state index contributed by atoms with van der Waals surface area (Å²) in [5, 5.41) is 0. The average Bonchev–Trinajstić information content (AvgIpc) is 2.69. The molecule has 140 valence electrons. The van der Waals surface area contributed by atoms with Crippen molar-refractivity contribution in [1.29, 1.82) is 0 Å². The fourth-order valence-corrected chi connectivity index (χ4v) is 3.43. The van der Waals surface area contributed by atoms with Crippen molar-refractivity contribution in [3.8, 4) is 5.75 Å². The van der Waals surface area contributed by atoms with Gasteiger partial charge in [0.15, 0.2) is 0 Å². The van der Waals surface area contributed by atoms with Crippen molar-refractivity contribution in [2.75, 3.05) is 45.9 Å². The third kappa shape index (κ3) is 5.84. The van der Waals surface area contributed by atoms with Gasteiger partial charge < -0.3 is 15.4 Å². The Kier molecular flexibility index (Phi) is 7.50. The number of benzene rings is 2. The lowest BCUT2D eigenvalue weighted by Crippen LogP contribution is -2.46. The van der Waals surface area contributed by atoms with Gasteiger partial charge in [0.25, 0.3) is 0 Å². The molecule has 2 N–H and O–H groups in total. The first-order chi connectivity index (χ1) is 12.8. The maximum absolute atomic E-state index is 6.11. The third-order valence-electron chi connectivity index (χ3n) is 5.00. The topological polar surface area (TPSA) is 41.7 Å². The minimum absolute atomic E-state index is 0.716. The predicted molar refractivity (Wildman–Crippen MR) is 107 cm³/mol. The monoisotopic (exact) mass is 353 g/mol. The smallest absolute Gasteiger partial charge is 0.123 e. The van der Waals surface area contributed by atoms with Gasteiger partial charge in [-0.05, 0) is 31.1 Å². The zero-order chi connectivity index (χ0) is 18.0. The second-order valence-corrected chi connectivity index (χ2v) is 6.95. The van der Waals surface area contributed by atoms with E-state index in [0.29, 0.717) is 6.61 Å². The molecule has 4 nitrogen and oxygen atoms in total. The summed E-state index contributed by atoms with van der Waals surface area (Å²) >= 11 is 0. The van der Waals surface area contributed by atoms with Gasteiger partial charge in [0, 0.05) is 44.7 Å². The van der Waals surface area contributed by atoms with Crippen LogP contribution in [0.5, 0.6) is 5.75 Å².